The molecule has 1 heterocycles. The molecule has 7 amide bonds. The quantitative estimate of drug-likeness (QED) is 0.0189. The van der Waals surface area contributed by atoms with Crippen molar-refractivity contribution < 1.29 is 81.5 Å². The van der Waals surface area contributed by atoms with Crippen LogP contribution in [0.5, 0.6) is 0 Å². The molecule has 5 rings (SSSR count). The van der Waals surface area contributed by atoms with Gasteiger partial charge in [-0.3, -0.25) is 48.1 Å². The number of unbranched alkanes of at least 4 members (excludes halogenated alkanes) is 2. The van der Waals surface area contributed by atoms with Crippen LogP contribution in [0.15, 0.2) is 121 Å². The van der Waals surface area contributed by atoms with Crippen molar-refractivity contribution >= 4 is 59.3 Å². The van der Waals surface area contributed by atoms with Gasteiger partial charge in [-0.2, -0.15) is 0 Å². The number of aliphatic hydroxyl groups is 2. The van der Waals surface area contributed by atoms with Gasteiger partial charge in [0.2, 0.25) is 41.4 Å². The molecule has 0 fully saturated rings. The lowest BCUT2D eigenvalue weighted by Crippen LogP contribution is -2.58. The number of aliphatic carboxylic acids is 1. The number of halogens is 2. The van der Waals surface area contributed by atoms with Gasteiger partial charge in [0.05, 0.1) is 31.7 Å². The summed E-state index contributed by atoms with van der Waals surface area (Å²) in [5, 5.41) is 43.1. The fraction of sp³-hybridized carbons (Fsp3) is 0.457. The average Bonchev–Trinajstić information content (AvgIpc) is 1.66. The Kier molecular flexibility index (Phi) is 34.2. The Balaban J connectivity index is 0.00000486. The fourth-order valence-corrected chi connectivity index (χ4v) is 9.88. The van der Waals surface area contributed by atoms with Gasteiger partial charge in [0.1, 0.15) is 55.1 Å². The van der Waals surface area contributed by atoms with Crippen LogP contribution >= 0.6 is 0 Å². The molecule has 25 nitrogen and oxygen atoms in total. The summed E-state index contributed by atoms with van der Waals surface area (Å²) in [5.41, 5.74) is 8.39. The molecule has 1 aromatic heterocycles. The minimum Gasteiger partial charge on any atom is -0.481 e. The molecule has 0 spiro atoms. The van der Waals surface area contributed by atoms with Crippen molar-refractivity contribution in [3.05, 3.63) is 155 Å². The van der Waals surface area contributed by atoms with E-state index in [0.717, 1.165) is 29.3 Å². The number of nitrogens with one attached hydrogen (secondary N) is 7. The predicted octanol–water partition coefficient (Wildman–Crippen LogP) is 4.60. The van der Waals surface area contributed by atoms with Gasteiger partial charge in [-0.15, -0.1) is 0 Å². The topological polar surface area (TPSA) is 368 Å². The molecular formula is C70H94F2N10O15. The summed E-state index contributed by atoms with van der Waals surface area (Å²) in [6, 6.07) is 23.9. The zero-order valence-electron chi connectivity index (χ0n) is 56.1. The highest BCUT2D eigenvalue weighted by Crippen LogP contribution is 2.37. The number of carboxylic acid groups (broad SMARTS) is 1. The standard InChI is InChI=1S/C68H88F2N10O13.C2H6O2/c1-43(75-64(88)45(3)79(7)35-19-11-18-26-59(83)84)62(86)74-44(2)63(87)78-55(38-57(71)81)66(90)77-53(31-33-72-61(68(4,5)6)56-36-49(51-37-50(69)27-28-52(51)70)40-80(56)39-46-20-12-8-13-21-46)65(89)73-34-32-58(82)76-54(67(91)93-42-48-24-16-10-17-25-48)29-30-60(85)92-41-47-22-14-9-15-23-47;3-1-2-4/h8-10,12-17,20-25,27-28,36-37,40,43-45,53-55,61,72H,11,18-19,26,29-35,38-39,41-42H2,1-7H3,(H2,71,81)(H,73,89)(H,74,86)(H,75,88)(H,76,82)(H,77,90)(H,78,87)(H,83,84);3-4H,1-2H2/t43-,44-,45-,53-,54-,55-,61-;/m0./s1. The lowest BCUT2D eigenvalue weighted by molar-refractivity contribution is -0.150. The van der Waals surface area contributed by atoms with Crippen LogP contribution < -0.4 is 43.0 Å². The molecule has 12 N–H and O–H groups in total. The number of nitrogens with two attached hydrogens (primary N) is 1. The first kappa shape index (κ1) is 80.0. The first-order valence-corrected chi connectivity index (χ1v) is 32.1. The van der Waals surface area contributed by atoms with Crippen molar-refractivity contribution in [2.75, 3.05) is 39.9 Å². The van der Waals surface area contributed by atoms with Crippen molar-refractivity contribution in [3.8, 4) is 11.1 Å². The molecule has 0 unspecified atom stereocenters. The smallest absolute Gasteiger partial charge is 0.328 e. The van der Waals surface area contributed by atoms with Gasteiger partial charge in [0.25, 0.3) is 0 Å². The van der Waals surface area contributed by atoms with Gasteiger partial charge in [-0.05, 0) is 113 Å². The van der Waals surface area contributed by atoms with Crippen LogP contribution in [-0.4, -0.2) is 160 Å². The number of likely N-dealkylation sites (N-methyl/N-ethyl adjacent to an activating group) is 1. The van der Waals surface area contributed by atoms with E-state index in [4.69, 9.17) is 30.5 Å². The molecule has 4 aromatic carbocycles. The van der Waals surface area contributed by atoms with E-state index in [0.29, 0.717) is 49.2 Å². The van der Waals surface area contributed by atoms with Crippen LogP contribution in [0.25, 0.3) is 11.1 Å². The SMILES string of the molecule is C[C@H](NC(=O)[C@H](C)NC(=O)[C@H](C)N(C)CCCCCC(=O)O)C(=O)N[C@@H](CC(N)=O)C(=O)N[C@@H](CCN[C@@H](c1cc(-c2cc(F)ccc2F)cn1Cc1ccccc1)C(C)(C)C)C(=O)NCCC(=O)N[C@@H](CCC(=O)OCc1ccccc1)C(=O)OCc1ccccc1.OCCO. The number of carboxylic acids is 1. The molecule has 528 valence electrons. The minimum atomic E-state index is -1.71. The maximum Gasteiger partial charge on any atom is 0.328 e. The first-order valence-electron chi connectivity index (χ1n) is 32.1. The number of aliphatic hydroxyl groups excluding tert-OH is 2. The number of carbonyl (C=O) groups excluding carboxylic acids is 9. The number of rotatable bonds is 39. The van der Waals surface area contributed by atoms with Crippen LogP contribution in [0.3, 0.4) is 0 Å². The number of hydrogen-bond donors (Lipinski definition) is 11. The summed E-state index contributed by atoms with van der Waals surface area (Å²) in [4.78, 5) is 134. The summed E-state index contributed by atoms with van der Waals surface area (Å²) in [6.07, 6.45) is 1.71. The zero-order chi connectivity index (χ0) is 71.6. The Bertz CT molecular complexity index is 3350. The lowest BCUT2D eigenvalue weighted by Gasteiger charge is -2.33. The first-order chi connectivity index (χ1) is 46.1. The van der Waals surface area contributed by atoms with Crippen LogP contribution in [0.2, 0.25) is 0 Å². The molecule has 0 radical (unpaired) electrons. The average molecular weight is 1350 g/mol. The largest absolute Gasteiger partial charge is 0.481 e. The number of amides is 7. The highest BCUT2D eigenvalue weighted by Gasteiger charge is 2.34. The van der Waals surface area contributed by atoms with Gasteiger partial charge >= 0.3 is 17.9 Å². The third-order valence-electron chi connectivity index (χ3n) is 15.4. The number of ether oxygens (including phenoxy) is 2. The molecule has 27 heteroatoms. The zero-order valence-corrected chi connectivity index (χ0v) is 56.1. The second-order valence-electron chi connectivity index (χ2n) is 24.4. The number of carbonyl (C=O) groups is 10. The molecule has 0 saturated carbocycles. The Labute approximate surface area is 564 Å². The maximum atomic E-state index is 15.4. The second-order valence-corrected chi connectivity index (χ2v) is 24.4. The summed E-state index contributed by atoms with van der Waals surface area (Å²) < 4.78 is 42.9. The van der Waals surface area contributed by atoms with E-state index in [1.54, 1.807) is 85.7 Å². The normalized spacial score (nSPS) is 13.3. The molecule has 0 bridgehead atoms. The van der Waals surface area contributed by atoms with Gasteiger partial charge in [0, 0.05) is 55.4 Å². The van der Waals surface area contributed by atoms with Gasteiger partial charge in [-0.1, -0.05) is 118 Å². The third-order valence-corrected chi connectivity index (χ3v) is 15.4. The molecule has 0 aliphatic heterocycles. The van der Waals surface area contributed by atoms with Crippen molar-refractivity contribution in [2.45, 2.75) is 161 Å². The van der Waals surface area contributed by atoms with Crippen molar-refractivity contribution in [3.63, 3.8) is 0 Å². The van der Waals surface area contributed by atoms with E-state index in [9.17, 15) is 52.3 Å². The number of esters is 2. The Morgan fingerprint density at radius 1 is 0.608 bits per heavy atom. The van der Waals surface area contributed by atoms with Gasteiger partial charge < -0.3 is 72.3 Å². The van der Waals surface area contributed by atoms with E-state index in [1.807, 2.05) is 61.7 Å². The van der Waals surface area contributed by atoms with Crippen LogP contribution in [0, 0.1) is 17.0 Å². The summed E-state index contributed by atoms with van der Waals surface area (Å²) in [6.45, 7) is 10.2. The van der Waals surface area contributed by atoms with E-state index < -0.39 is 131 Å². The molecule has 97 heavy (non-hydrogen) atoms. The minimum absolute atomic E-state index is 0.0160. The summed E-state index contributed by atoms with van der Waals surface area (Å²) in [7, 11) is 1.71. The fourth-order valence-electron chi connectivity index (χ4n) is 9.88. The molecule has 0 aliphatic rings. The predicted molar refractivity (Wildman–Crippen MR) is 357 cm³/mol. The highest BCUT2D eigenvalue weighted by molar-refractivity contribution is 5.97. The molecule has 7 atom stereocenters. The summed E-state index contributed by atoms with van der Waals surface area (Å²) >= 11 is 0. The number of hydrogen-bond acceptors (Lipinski definition) is 16. The Hall–Kier alpha value is -9.44. The van der Waals surface area contributed by atoms with E-state index in [-0.39, 0.29) is 70.8 Å². The van der Waals surface area contributed by atoms with Crippen molar-refractivity contribution in [1.29, 1.82) is 0 Å². The van der Waals surface area contributed by atoms with Crippen molar-refractivity contribution in [2.24, 2.45) is 11.1 Å². The number of benzene rings is 4. The van der Waals surface area contributed by atoms with Gasteiger partial charge in [-0.25, -0.2) is 13.6 Å². The van der Waals surface area contributed by atoms with Crippen LogP contribution in [0.1, 0.15) is 128 Å². The molecule has 5 aromatic rings. The summed E-state index contributed by atoms with van der Waals surface area (Å²) in [5.74, 6) is -9.44. The lowest BCUT2D eigenvalue weighted by atomic mass is 9.84. The molecular weight excluding hydrogens is 1260 g/mol. The maximum absolute atomic E-state index is 15.4. The van der Waals surface area contributed by atoms with E-state index in [2.05, 4.69) is 37.2 Å². The Morgan fingerprint density at radius 3 is 1.75 bits per heavy atom. The van der Waals surface area contributed by atoms with E-state index in [1.165, 1.54) is 13.8 Å². The number of nitrogens with zero attached hydrogens (tertiary/aromatic N) is 2. The van der Waals surface area contributed by atoms with Crippen LogP contribution in [0.4, 0.5) is 8.78 Å². The second kappa shape index (κ2) is 41.5. The van der Waals surface area contributed by atoms with Crippen LogP contribution in [-0.2, 0) is 77.2 Å². The number of aromatic nitrogens is 1. The monoisotopic (exact) mass is 1350 g/mol. The van der Waals surface area contributed by atoms with Gasteiger partial charge in [0.15, 0.2) is 0 Å². The highest BCUT2D eigenvalue weighted by atomic mass is 19.1. The molecule has 0 saturated heterocycles. The molecule has 0 aliphatic carbocycles. The third kappa shape index (κ3) is 29.2. The Morgan fingerprint density at radius 2 is 1.18 bits per heavy atom. The number of primary amides is 1. The van der Waals surface area contributed by atoms with E-state index >= 15 is 4.39 Å². The van der Waals surface area contributed by atoms with Crippen molar-refractivity contribution in [1.82, 2.24) is 46.7 Å².